The number of aromatic nitrogens is 6. The van der Waals surface area contributed by atoms with Crippen LogP contribution in [-0.2, 0) is 18.3 Å². The Labute approximate surface area is 227 Å². The van der Waals surface area contributed by atoms with Crippen molar-refractivity contribution in [3.8, 4) is 11.3 Å². The fourth-order valence-electron chi connectivity index (χ4n) is 5.65. The van der Waals surface area contributed by atoms with Crippen LogP contribution in [0.4, 0.5) is 16.2 Å². The molecule has 39 heavy (non-hydrogen) atoms. The molecule has 2 aliphatic heterocycles. The molecule has 6 rings (SSSR count). The molecule has 204 valence electrons. The summed E-state index contributed by atoms with van der Waals surface area (Å²) in [5.41, 5.74) is 3.57. The minimum atomic E-state index is -0.515. The molecule has 4 aromatic rings. The number of halogens is 1. The first kappa shape index (κ1) is 25.7. The Kier molecular flexibility index (Phi) is 6.96. The lowest BCUT2D eigenvalue weighted by Crippen LogP contribution is -2.60. The molecule has 0 aliphatic carbocycles. The van der Waals surface area contributed by atoms with E-state index >= 15 is 0 Å². The third-order valence-electron chi connectivity index (χ3n) is 7.62. The average molecular weight is 532 g/mol. The summed E-state index contributed by atoms with van der Waals surface area (Å²) < 4.78 is 22.0. The minimum Gasteiger partial charge on any atom is -0.378 e. The highest BCUT2D eigenvalue weighted by Gasteiger charge is 2.33. The molecule has 0 bridgehead atoms. The number of ether oxygens (including phenoxy) is 1. The molecule has 0 saturated carbocycles. The molecule has 1 unspecified atom stereocenters. The number of rotatable bonds is 7. The van der Waals surface area contributed by atoms with E-state index in [0.717, 1.165) is 56.0 Å². The molecule has 1 atom stereocenters. The van der Waals surface area contributed by atoms with Crippen LogP contribution in [0.25, 0.3) is 22.3 Å². The van der Waals surface area contributed by atoms with Crippen LogP contribution in [0.5, 0.6) is 0 Å². The second kappa shape index (κ2) is 10.6. The van der Waals surface area contributed by atoms with Crippen molar-refractivity contribution in [3.63, 3.8) is 0 Å². The first-order valence-corrected chi connectivity index (χ1v) is 13.5. The summed E-state index contributed by atoms with van der Waals surface area (Å²) in [5, 5.41) is 8.48. The van der Waals surface area contributed by atoms with Crippen LogP contribution in [0.2, 0.25) is 0 Å². The SMILES string of the molecule is CC(C)c1c2cc(-c3nc(Nc4ccc(CN5CCN(C6COC6)C(C)C5)cn4)ncc3F)cnc2nn1C. The topological polar surface area (TPSA) is 97.1 Å². The molecule has 2 saturated heterocycles. The lowest BCUT2D eigenvalue weighted by Gasteiger charge is -2.46. The minimum absolute atomic E-state index is 0.179. The monoisotopic (exact) mass is 531 g/mol. The lowest BCUT2D eigenvalue weighted by molar-refractivity contribution is -0.0940. The standard InChI is InChI=1S/C28H34FN9O/c1-17(2)26-22-9-20(11-31-27(22)35-36(26)4)25-23(29)12-32-28(34-25)33-24-6-5-19(10-30-24)14-37-7-8-38(18(3)13-37)21-15-39-16-21/h5-6,9-12,17-18,21H,7-8,13-16H2,1-4H3,(H,30,32,33,34). The van der Waals surface area contributed by atoms with Gasteiger partial charge >= 0.3 is 0 Å². The Bertz CT molecular complexity index is 1470. The number of nitrogens with zero attached hydrogens (tertiary/aromatic N) is 8. The van der Waals surface area contributed by atoms with E-state index in [1.807, 2.05) is 30.1 Å². The van der Waals surface area contributed by atoms with Crippen molar-refractivity contribution >= 4 is 22.8 Å². The first-order chi connectivity index (χ1) is 18.9. The van der Waals surface area contributed by atoms with Crippen molar-refractivity contribution in [1.82, 2.24) is 39.5 Å². The van der Waals surface area contributed by atoms with Gasteiger partial charge in [-0.15, -0.1) is 0 Å². The van der Waals surface area contributed by atoms with Gasteiger partial charge in [-0.2, -0.15) is 5.10 Å². The molecule has 0 aromatic carbocycles. The summed E-state index contributed by atoms with van der Waals surface area (Å²) in [6.45, 7) is 12.2. The summed E-state index contributed by atoms with van der Waals surface area (Å²) in [5.74, 6) is 0.600. The quantitative estimate of drug-likeness (QED) is 0.383. The Morgan fingerprint density at radius 3 is 2.64 bits per heavy atom. The van der Waals surface area contributed by atoms with Crippen molar-refractivity contribution in [3.05, 3.63) is 53.9 Å². The summed E-state index contributed by atoms with van der Waals surface area (Å²) >= 11 is 0. The number of hydrogen-bond acceptors (Lipinski definition) is 9. The van der Waals surface area contributed by atoms with Gasteiger partial charge in [0.25, 0.3) is 0 Å². The van der Waals surface area contributed by atoms with E-state index in [1.165, 1.54) is 6.20 Å². The summed E-state index contributed by atoms with van der Waals surface area (Å²) in [6.07, 6.45) is 4.64. The number of hydrogen-bond donors (Lipinski definition) is 1. The van der Waals surface area contributed by atoms with Crippen LogP contribution in [0.15, 0.2) is 36.8 Å². The predicted molar refractivity (Wildman–Crippen MR) is 147 cm³/mol. The molecule has 2 aliphatic rings. The van der Waals surface area contributed by atoms with Gasteiger partial charge in [-0.05, 0) is 30.5 Å². The predicted octanol–water partition coefficient (Wildman–Crippen LogP) is 3.73. The highest BCUT2D eigenvalue weighted by molar-refractivity contribution is 5.83. The van der Waals surface area contributed by atoms with Gasteiger partial charge in [0.15, 0.2) is 11.5 Å². The Morgan fingerprint density at radius 2 is 1.95 bits per heavy atom. The molecular weight excluding hydrogens is 497 g/mol. The Hall–Kier alpha value is -3.54. The molecule has 11 heteroatoms. The largest absolute Gasteiger partial charge is 0.378 e. The number of nitrogens with one attached hydrogen (secondary N) is 1. The van der Waals surface area contributed by atoms with Crippen molar-refractivity contribution in [2.45, 2.75) is 45.3 Å². The van der Waals surface area contributed by atoms with Gasteiger partial charge in [0, 0.05) is 62.6 Å². The normalized spacial score (nSPS) is 19.1. The van der Waals surface area contributed by atoms with E-state index in [2.05, 4.69) is 67.0 Å². The third kappa shape index (κ3) is 5.21. The van der Waals surface area contributed by atoms with Crippen LogP contribution < -0.4 is 5.32 Å². The zero-order valence-corrected chi connectivity index (χ0v) is 22.8. The van der Waals surface area contributed by atoms with Crippen LogP contribution in [0.1, 0.15) is 37.9 Å². The van der Waals surface area contributed by atoms with Gasteiger partial charge < -0.3 is 10.1 Å². The average Bonchev–Trinajstić information content (AvgIpc) is 3.22. The van der Waals surface area contributed by atoms with E-state index in [-0.39, 0.29) is 17.6 Å². The number of piperazine rings is 1. The molecule has 6 heterocycles. The van der Waals surface area contributed by atoms with Crippen LogP contribution >= 0.6 is 0 Å². The zero-order valence-electron chi connectivity index (χ0n) is 22.8. The van der Waals surface area contributed by atoms with Crippen LogP contribution in [0.3, 0.4) is 0 Å². The lowest BCUT2D eigenvalue weighted by atomic mass is 10.1. The summed E-state index contributed by atoms with van der Waals surface area (Å²) in [7, 11) is 1.90. The van der Waals surface area contributed by atoms with Crippen molar-refractivity contribution in [1.29, 1.82) is 0 Å². The van der Waals surface area contributed by atoms with Gasteiger partial charge in [-0.25, -0.2) is 24.3 Å². The van der Waals surface area contributed by atoms with Crippen LogP contribution in [0, 0.1) is 5.82 Å². The second-order valence-electron chi connectivity index (χ2n) is 10.8. The molecule has 0 radical (unpaired) electrons. The van der Waals surface area contributed by atoms with Gasteiger partial charge in [-0.1, -0.05) is 19.9 Å². The smallest absolute Gasteiger partial charge is 0.229 e. The molecule has 2 fully saturated rings. The molecule has 4 aromatic heterocycles. The highest BCUT2D eigenvalue weighted by Crippen LogP contribution is 2.29. The maximum absolute atomic E-state index is 14.8. The van der Waals surface area contributed by atoms with E-state index in [0.29, 0.717) is 29.1 Å². The Morgan fingerprint density at radius 1 is 1.10 bits per heavy atom. The third-order valence-corrected chi connectivity index (χ3v) is 7.62. The molecule has 1 N–H and O–H groups in total. The number of anilines is 2. The fraction of sp³-hybridized carbons (Fsp3) is 0.464. The van der Waals surface area contributed by atoms with Crippen LogP contribution in [-0.4, -0.2) is 84.4 Å². The summed E-state index contributed by atoms with van der Waals surface area (Å²) in [4.78, 5) is 22.6. The molecule has 0 amide bonds. The van der Waals surface area contributed by atoms with E-state index in [1.54, 1.807) is 6.20 Å². The van der Waals surface area contributed by atoms with Crippen molar-refractivity contribution < 1.29 is 9.13 Å². The van der Waals surface area contributed by atoms with Crippen molar-refractivity contribution in [2.24, 2.45) is 7.05 Å². The second-order valence-corrected chi connectivity index (χ2v) is 10.8. The maximum Gasteiger partial charge on any atom is 0.229 e. The van der Waals surface area contributed by atoms with Gasteiger partial charge in [-0.3, -0.25) is 14.5 Å². The first-order valence-electron chi connectivity index (χ1n) is 13.5. The number of aryl methyl sites for hydroxylation is 1. The maximum atomic E-state index is 14.8. The summed E-state index contributed by atoms with van der Waals surface area (Å²) in [6, 6.07) is 6.95. The molecule has 10 nitrogen and oxygen atoms in total. The van der Waals surface area contributed by atoms with Crippen molar-refractivity contribution in [2.75, 3.05) is 38.2 Å². The molecular formula is C28H34FN9O. The van der Waals surface area contributed by atoms with E-state index in [4.69, 9.17) is 4.74 Å². The van der Waals surface area contributed by atoms with E-state index in [9.17, 15) is 4.39 Å². The zero-order chi connectivity index (χ0) is 27.1. The fourth-order valence-corrected chi connectivity index (χ4v) is 5.65. The van der Waals surface area contributed by atoms with Gasteiger partial charge in [0.2, 0.25) is 5.95 Å². The number of fused-ring (bicyclic) bond motifs is 1. The Balaban J connectivity index is 1.14. The van der Waals surface area contributed by atoms with Gasteiger partial charge in [0.05, 0.1) is 31.1 Å². The van der Waals surface area contributed by atoms with E-state index < -0.39 is 5.82 Å². The number of pyridine rings is 2. The van der Waals surface area contributed by atoms with Gasteiger partial charge in [0.1, 0.15) is 11.5 Å². The highest BCUT2D eigenvalue weighted by atomic mass is 19.1. The molecule has 0 spiro atoms.